The first-order valence-corrected chi connectivity index (χ1v) is 22.4. The number of hydrogen-bond acceptors (Lipinski definition) is 11. The number of anilines is 1. The molecule has 2 atom stereocenters. The van der Waals surface area contributed by atoms with Gasteiger partial charge in [0.25, 0.3) is 11.8 Å². The molecule has 1 aromatic heterocycles. The smallest absolute Gasteiger partial charge is 0.320 e. The van der Waals surface area contributed by atoms with Gasteiger partial charge in [0.1, 0.15) is 23.3 Å². The second kappa shape index (κ2) is 18.9. The summed E-state index contributed by atoms with van der Waals surface area (Å²) in [5.41, 5.74) is 10.4. The maximum Gasteiger partial charge on any atom is 0.320 e. The number of urea groups is 1. The maximum absolute atomic E-state index is 13.2. The second-order valence-electron chi connectivity index (χ2n) is 18.0. The fourth-order valence-corrected chi connectivity index (χ4v) is 9.80. The van der Waals surface area contributed by atoms with Gasteiger partial charge < -0.3 is 35.0 Å². The van der Waals surface area contributed by atoms with Crippen LogP contribution in [0.15, 0.2) is 48.7 Å². The van der Waals surface area contributed by atoms with Crippen molar-refractivity contribution < 1.29 is 38.3 Å². The number of benzene rings is 2. The van der Waals surface area contributed by atoms with E-state index in [1.54, 1.807) is 23.2 Å². The number of nitrogens with two attached hydrogens (primary N) is 1. The van der Waals surface area contributed by atoms with Gasteiger partial charge in [0, 0.05) is 84.1 Å². The maximum atomic E-state index is 13.2. The van der Waals surface area contributed by atoms with Crippen LogP contribution in [0, 0.1) is 0 Å². The average Bonchev–Trinajstić information content (AvgIpc) is 3.81. The van der Waals surface area contributed by atoms with E-state index in [1.807, 2.05) is 22.9 Å². The Morgan fingerprint density at radius 3 is 2.41 bits per heavy atom. The summed E-state index contributed by atoms with van der Waals surface area (Å²) >= 11 is 0. The van der Waals surface area contributed by atoms with Crippen molar-refractivity contribution in [1.82, 2.24) is 34.9 Å². The number of nitrogens with zero attached hydrogens (tertiary/aromatic N) is 7. The molecule has 5 aliphatic rings. The van der Waals surface area contributed by atoms with Crippen molar-refractivity contribution in [3.63, 3.8) is 0 Å². The fourth-order valence-electron chi connectivity index (χ4n) is 9.80. The molecule has 0 radical (unpaired) electrons. The van der Waals surface area contributed by atoms with E-state index in [-0.39, 0.29) is 98.5 Å². The van der Waals surface area contributed by atoms with Crippen LogP contribution in [0.3, 0.4) is 0 Å². The predicted octanol–water partition coefficient (Wildman–Crippen LogP) is 2.75. The van der Waals surface area contributed by atoms with Crippen LogP contribution in [-0.4, -0.2) is 143 Å². The molecule has 0 saturated carbocycles. The number of ether oxygens (including phenoxy) is 1. The molecule has 17 nitrogen and oxygen atoms in total. The molecule has 4 fully saturated rings. The van der Waals surface area contributed by atoms with Gasteiger partial charge in [-0.15, -0.1) is 0 Å². The van der Waals surface area contributed by atoms with Gasteiger partial charge in [-0.2, -0.15) is 0 Å². The van der Waals surface area contributed by atoms with Gasteiger partial charge >= 0.3 is 6.03 Å². The Kier molecular flexibility index (Phi) is 13.1. The molecular weight excluding hydrogens is 819 g/mol. The van der Waals surface area contributed by atoms with Gasteiger partial charge in [0.05, 0.1) is 37.6 Å². The molecule has 4 saturated heterocycles. The molecule has 3 N–H and O–H groups in total. The number of nitrogens with one attached hydrogen (secondary N) is 1. The molecule has 0 bridgehead atoms. The Hall–Kier alpha value is -6.23. The number of hydrogen-bond donors (Lipinski definition) is 2. The lowest BCUT2D eigenvalue weighted by Crippen LogP contribution is -2.52. The third-order valence-corrected chi connectivity index (χ3v) is 13.8. The van der Waals surface area contributed by atoms with E-state index in [0.717, 1.165) is 55.5 Å². The highest BCUT2D eigenvalue weighted by Crippen LogP contribution is 2.36. The number of rotatable bonds is 15. The molecule has 0 aliphatic carbocycles. The van der Waals surface area contributed by atoms with Crippen molar-refractivity contribution in [3.05, 3.63) is 87.9 Å². The van der Waals surface area contributed by atoms with Gasteiger partial charge in [0.15, 0.2) is 0 Å². The number of carbonyl (C=O) groups is 7. The first-order chi connectivity index (χ1) is 30.8. The summed E-state index contributed by atoms with van der Waals surface area (Å²) < 4.78 is 5.73. The zero-order chi connectivity index (χ0) is 45.1. The molecule has 0 spiro atoms. The van der Waals surface area contributed by atoms with Crippen LogP contribution in [0.25, 0.3) is 0 Å². The molecule has 7 amide bonds. The average molecular weight is 876 g/mol. The SMILES string of the molecule is CN1CCN(C2CCCN(c3cnc(C(N)=O)c(Cc4ccc(C5(C)CCN(C(=O)CCOCCC(=O)Cc6cccc7c6CN(C6CCC(=O)NC6=O)C7=O)CC5)cc4)n3)C2)C1=O. The van der Waals surface area contributed by atoms with E-state index in [9.17, 15) is 33.6 Å². The Morgan fingerprint density at radius 1 is 0.922 bits per heavy atom. The molecule has 64 heavy (non-hydrogen) atoms. The van der Waals surface area contributed by atoms with Gasteiger partial charge in [-0.3, -0.25) is 34.1 Å². The monoisotopic (exact) mass is 875 g/mol. The van der Waals surface area contributed by atoms with Gasteiger partial charge in [-0.1, -0.05) is 43.3 Å². The third-order valence-electron chi connectivity index (χ3n) is 13.8. The number of ketones is 1. The van der Waals surface area contributed by atoms with E-state index in [0.29, 0.717) is 49.7 Å². The molecular formula is C47H57N9O8. The van der Waals surface area contributed by atoms with Crippen molar-refractivity contribution in [2.75, 3.05) is 64.4 Å². The summed E-state index contributed by atoms with van der Waals surface area (Å²) in [6, 6.07) is 13.0. The van der Waals surface area contributed by atoms with Crippen molar-refractivity contribution in [3.8, 4) is 0 Å². The number of primary amides is 1. The van der Waals surface area contributed by atoms with Gasteiger partial charge in [0.2, 0.25) is 17.7 Å². The number of imide groups is 1. The van der Waals surface area contributed by atoms with Crippen LogP contribution in [0.1, 0.15) is 107 Å². The topological polar surface area (TPSA) is 209 Å². The largest absolute Gasteiger partial charge is 0.380 e. The zero-order valence-corrected chi connectivity index (χ0v) is 36.7. The van der Waals surface area contributed by atoms with Crippen LogP contribution in [0.5, 0.6) is 0 Å². The second-order valence-corrected chi connectivity index (χ2v) is 18.0. The van der Waals surface area contributed by atoms with Gasteiger partial charge in [-0.25, -0.2) is 14.8 Å². The first-order valence-electron chi connectivity index (χ1n) is 22.4. The standard InChI is InChI=1S/C47H57N9O8/c1-47(32-10-8-30(9-11-32)25-37-42(43(48)60)49-27-39(50-37)54-18-4-6-33(28-54)55-22-21-52(2)46(55)63)16-19-53(20-17-47)41(59)15-24-64-23-14-34(57)26-31-5-3-7-35-36(31)29-56(45(35)62)38-12-13-40(58)51-44(38)61/h3,5,7-11,27,33,38H,4,6,12-26,28-29H2,1-2H3,(H2,48,60)(H,51,58,61). The van der Waals surface area contributed by atoms with Crippen LogP contribution in [-0.2, 0) is 48.7 Å². The number of likely N-dealkylation sites (tertiary alicyclic amines) is 1. The molecule has 6 heterocycles. The highest BCUT2D eigenvalue weighted by atomic mass is 16.5. The number of aromatic nitrogens is 2. The normalized spacial score (nSPS) is 21.1. The van der Waals surface area contributed by atoms with Crippen molar-refractivity contribution >= 4 is 47.2 Å². The minimum absolute atomic E-state index is 0.0135. The summed E-state index contributed by atoms with van der Waals surface area (Å²) in [5.74, 6) is -1.10. The van der Waals surface area contributed by atoms with Crippen molar-refractivity contribution in [1.29, 1.82) is 0 Å². The minimum atomic E-state index is -0.721. The van der Waals surface area contributed by atoms with E-state index < -0.39 is 17.9 Å². The molecule has 5 aliphatic heterocycles. The molecule has 2 unspecified atom stereocenters. The number of carbonyl (C=O) groups excluding carboxylic acids is 7. The van der Waals surface area contributed by atoms with E-state index in [2.05, 4.69) is 46.4 Å². The highest BCUT2D eigenvalue weighted by molar-refractivity contribution is 6.05. The Morgan fingerprint density at radius 2 is 1.69 bits per heavy atom. The van der Waals surface area contributed by atoms with E-state index >= 15 is 0 Å². The molecule has 8 rings (SSSR count). The van der Waals surface area contributed by atoms with Crippen LogP contribution in [0.2, 0.25) is 0 Å². The van der Waals surface area contributed by atoms with Crippen molar-refractivity contribution in [2.45, 2.75) is 95.2 Å². The fraction of sp³-hybridized carbons (Fsp3) is 0.511. The van der Waals surface area contributed by atoms with Gasteiger partial charge in [-0.05, 0) is 65.8 Å². The number of fused-ring (bicyclic) bond motifs is 1. The Labute approximate surface area is 372 Å². The molecule has 3 aromatic rings. The summed E-state index contributed by atoms with van der Waals surface area (Å²) in [4.78, 5) is 107. The lowest BCUT2D eigenvalue weighted by Gasteiger charge is -2.40. The number of likely N-dealkylation sites (N-methyl/N-ethyl adjacent to an activating group) is 1. The summed E-state index contributed by atoms with van der Waals surface area (Å²) in [7, 11) is 1.83. The minimum Gasteiger partial charge on any atom is -0.380 e. The predicted molar refractivity (Wildman–Crippen MR) is 234 cm³/mol. The molecule has 2 aromatic carbocycles. The summed E-state index contributed by atoms with van der Waals surface area (Å²) in [5, 5.41) is 2.31. The number of Topliss-reactive ketones (excluding diaryl/α,β-unsaturated/α-hetero) is 1. The lowest BCUT2D eigenvalue weighted by molar-refractivity contribution is -0.137. The van der Waals surface area contributed by atoms with Crippen molar-refractivity contribution in [2.24, 2.45) is 5.73 Å². The number of piperidine rings is 3. The quantitative estimate of drug-likeness (QED) is 0.168. The Balaban J connectivity index is 0.776. The third kappa shape index (κ3) is 9.49. The van der Waals surface area contributed by atoms with Crippen LogP contribution < -0.4 is 16.0 Å². The van der Waals surface area contributed by atoms with Crippen LogP contribution >= 0.6 is 0 Å². The molecule has 17 heteroatoms. The first kappa shape index (κ1) is 44.4. The lowest BCUT2D eigenvalue weighted by atomic mass is 9.74. The Bertz CT molecular complexity index is 2330. The molecule has 338 valence electrons. The number of amides is 7. The summed E-state index contributed by atoms with van der Waals surface area (Å²) in [6.45, 7) is 6.92. The highest BCUT2D eigenvalue weighted by Gasteiger charge is 2.40. The van der Waals surface area contributed by atoms with Crippen LogP contribution in [0.4, 0.5) is 10.6 Å². The van der Waals surface area contributed by atoms with E-state index in [4.69, 9.17) is 15.5 Å². The van der Waals surface area contributed by atoms with E-state index in [1.165, 1.54) is 10.5 Å². The summed E-state index contributed by atoms with van der Waals surface area (Å²) in [6.07, 6.45) is 6.37. The zero-order valence-electron chi connectivity index (χ0n) is 36.7.